The maximum atomic E-state index is 12.3. The zero-order valence-electron chi connectivity index (χ0n) is 11.4. The summed E-state index contributed by atoms with van der Waals surface area (Å²) in [6.07, 6.45) is 0. The molecule has 0 aliphatic rings. The summed E-state index contributed by atoms with van der Waals surface area (Å²) in [6, 6.07) is 4.53. The van der Waals surface area contributed by atoms with Crippen LogP contribution >= 0.6 is 0 Å². The SMILES string of the molecule is COCC(CO)NCc1ccc(OC)c(OC(F)F)c1. The average Bonchev–Trinajstić information content (AvgIpc) is 2.43. The summed E-state index contributed by atoms with van der Waals surface area (Å²) in [5.74, 6) is 0.221. The Morgan fingerprint density at radius 2 is 2.00 bits per heavy atom. The monoisotopic (exact) mass is 291 g/mol. The Balaban J connectivity index is 2.70. The molecule has 0 fully saturated rings. The summed E-state index contributed by atoms with van der Waals surface area (Å²) in [6.45, 7) is -2.25. The van der Waals surface area contributed by atoms with Gasteiger partial charge in [-0.2, -0.15) is 8.78 Å². The van der Waals surface area contributed by atoms with E-state index < -0.39 is 6.61 Å². The average molecular weight is 291 g/mol. The van der Waals surface area contributed by atoms with Gasteiger partial charge in [0.05, 0.1) is 26.4 Å². The van der Waals surface area contributed by atoms with Crippen LogP contribution in [0.2, 0.25) is 0 Å². The standard InChI is InChI=1S/C13H19F2NO4/c1-18-8-10(7-17)16-6-9-3-4-11(19-2)12(5-9)20-13(14)15/h3-5,10,13,16-17H,6-8H2,1-2H3. The van der Waals surface area contributed by atoms with E-state index >= 15 is 0 Å². The van der Waals surface area contributed by atoms with E-state index in [0.29, 0.717) is 13.2 Å². The van der Waals surface area contributed by atoms with Crippen LogP contribution in [-0.2, 0) is 11.3 Å². The van der Waals surface area contributed by atoms with Gasteiger partial charge in [0.25, 0.3) is 0 Å². The molecule has 1 atom stereocenters. The molecular formula is C13H19F2NO4. The number of ether oxygens (including phenoxy) is 3. The summed E-state index contributed by atoms with van der Waals surface area (Å²) in [5, 5.41) is 12.2. The van der Waals surface area contributed by atoms with Crippen molar-refractivity contribution in [2.24, 2.45) is 0 Å². The van der Waals surface area contributed by atoms with Crippen molar-refractivity contribution in [3.8, 4) is 11.5 Å². The minimum Gasteiger partial charge on any atom is -0.493 e. The predicted octanol–water partition coefficient (Wildman–Crippen LogP) is 1.39. The molecule has 0 amide bonds. The lowest BCUT2D eigenvalue weighted by Gasteiger charge is -2.16. The van der Waals surface area contributed by atoms with E-state index in [0.717, 1.165) is 5.56 Å². The minimum absolute atomic E-state index is 0.0194. The second-order valence-corrected chi connectivity index (χ2v) is 4.08. The van der Waals surface area contributed by atoms with Crippen molar-refractivity contribution in [2.75, 3.05) is 27.4 Å². The number of aliphatic hydroxyl groups is 1. The Labute approximate surface area is 116 Å². The van der Waals surface area contributed by atoms with Crippen molar-refractivity contribution in [1.29, 1.82) is 0 Å². The lowest BCUT2D eigenvalue weighted by Crippen LogP contribution is -2.35. The van der Waals surface area contributed by atoms with Gasteiger partial charge in [-0.15, -0.1) is 0 Å². The van der Waals surface area contributed by atoms with E-state index in [9.17, 15) is 8.78 Å². The molecule has 0 aliphatic carbocycles. The van der Waals surface area contributed by atoms with Crippen molar-refractivity contribution >= 4 is 0 Å². The van der Waals surface area contributed by atoms with Gasteiger partial charge in [-0.3, -0.25) is 0 Å². The lowest BCUT2D eigenvalue weighted by atomic mass is 10.2. The topological polar surface area (TPSA) is 60.0 Å². The highest BCUT2D eigenvalue weighted by Crippen LogP contribution is 2.29. The number of hydrogen-bond donors (Lipinski definition) is 2. The quantitative estimate of drug-likeness (QED) is 0.720. The molecule has 0 spiro atoms. The van der Waals surface area contributed by atoms with E-state index in [1.54, 1.807) is 12.1 Å². The fourth-order valence-electron chi connectivity index (χ4n) is 1.66. The largest absolute Gasteiger partial charge is 0.493 e. The number of halogens is 2. The van der Waals surface area contributed by atoms with Crippen LogP contribution in [0.25, 0.3) is 0 Å². The molecule has 2 N–H and O–H groups in total. The molecule has 0 saturated heterocycles. The van der Waals surface area contributed by atoms with Crippen LogP contribution in [-0.4, -0.2) is 45.2 Å². The van der Waals surface area contributed by atoms with Crippen molar-refractivity contribution in [1.82, 2.24) is 5.32 Å². The normalized spacial score (nSPS) is 12.5. The van der Waals surface area contributed by atoms with Crippen LogP contribution < -0.4 is 14.8 Å². The van der Waals surface area contributed by atoms with Gasteiger partial charge in [-0.05, 0) is 17.7 Å². The molecule has 5 nitrogen and oxygen atoms in total. The molecule has 1 aromatic rings. The summed E-state index contributed by atoms with van der Waals surface area (Å²) >= 11 is 0. The molecule has 0 aromatic heterocycles. The van der Waals surface area contributed by atoms with Gasteiger partial charge in [-0.1, -0.05) is 6.07 Å². The van der Waals surface area contributed by atoms with E-state index in [1.807, 2.05) is 0 Å². The Bertz CT molecular complexity index is 404. The third-order valence-corrected chi connectivity index (χ3v) is 2.63. The molecule has 0 heterocycles. The summed E-state index contributed by atoms with van der Waals surface area (Å²) in [5.41, 5.74) is 0.732. The number of rotatable bonds is 9. The molecule has 1 rings (SSSR count). The van der Waals surface area contributed by atoms with Crippen molar-refractivity contribution < 1.29 is 28.1 Å². The molecule has 1 aromatic carbocycles. The molecule has 0 aliphatic heterocycles. The summed E-state index contributed by atoms with van der Waals surface area (Å²) in [7, 11) is 2.91. The number of alkyl halides is 2. The molecule has 0 saturated carbocycles. The highest BCUT2D eigenvalue weighted by molar-refractivity contribution is 5.43. The Morgan fingerprint density at radius 3 is 2.55 bits per heavy atom. The van der Waals surface area contributed by atoms with Gasteiger partial charge in [0.2, 0.25) is 0 Å². The molecule has 20 heavy (non-hydrogen) atoms. The minimum atomic E-state index is -2.91. The van der Waals surface area contributed by atoms with Crippen molar-refractivity contribution in [2.45, 2.75) is 19.2 Å². The maximum absolute atomic E-state index is 12.3. The maximum Gasteiger partial charge on any atom is 0.387 e. The molecule has 0 radical (unpaired) electrons. The first-order valence-electron chi connectivity index (χ1n) is 6.05. The second-order valence-electron chi connectivity index (χ2n) is 4.08. The van der Waals surface area contributed by atoms with Crippen molar-refractivity contribution in [3.63, 3.8) is 0 Å². The van der Waals surface area contributed by atoms with Gasteiger partial charge in [0.15, 0.2) is 11.5 Å². The lowest BCUT2D eigenvalue weighted by molar-refractivity contribution is -0.0512. The van der Waals surface area contributed by atoms with E-state index in [1.165, 1.54) is 20.3 Å². The van der Waals surface area contributed by atoms with Gasteiger partial charge in [0, 0.05) is 13.7 Å². The summed E-state index contributed by atoms with van der Waals surface area (Å²) < 4.78 is 38.9. The zero-order valence-corrected chi connectivity index (χ0v) is 11.4. The molecule has 114 valence electrons. The second kappa shape index (κ2) is 8.68. The predicted molar refractivity (Wildman–Crippen MR) is 69.2 cm³/mol. The molecule has 7 heteroatoms. The number of nitrogens with one attached hydrogen (secondary N) is 1. The first-order chi connectivity index (χ1) is 9.60. The van der Waals surface area contributed by atoms with E-state index in [4.69, 9.17) is 14.6 Å². The van der Waals surface area contributed by atoms with Crippen LogP contribution in [0.5, 0.6) is 11.5 Å². The molecule has 0 bridgehead atoms. The van der Waals surface area contributed by atoms with Crippen LogP contribution in [0.4, 0.5) is 8.78 Å². The van der Waals surface area contributed by atoms with Gasteiger partial charge in [-0.25, -0.2) is 0 Å². The first kappa shape index (κ1) is 16.6. The fraction of sp³-hybridized carbons (Fsp3) is 0.538. The van der Waals surface area contributed by atoms with Gasteiger partial charge in [0.1, 0.15) is 0 Å². The number of benzene rings is 1. The molecule has 1 unspecified atom stereocenters. The molecular weight excluding hydrogens is 272 g/mol. The third kappa shape index (κ3) is 5.28. The van der Waals surface area contributed by atoms with Crippen LogP contribution in [0.1, 0.15) is 5.56 Å². The van der Waals surface area contributed by atoms with E-state index in [2.05, 4.69) is 10.1 Å². The number of methoxy groups -OCH3 is 2. The van der Waals surface area contributed by atoms with Gasteiger partial charge >= 0.3 is 6.61 Å². The Kier molecular flexibility index (Phi) is 7.21. The Hall–Kier alpha value is -1.44. The fourth-order valence-corrected chi connectivity index (χ4v) is 1.66. The number of aliphatic hydroxyl groups excluding tert-OH is 1. The summed E-state index contributed by atoms with van der Waals surface area (Å²) in [4.78, 5) is 0. The third-order valence-electron chi connectivity index (χ3n) is 2.63. The highest BCUT2D eigenvalue weighted by Gasteiger charge is 2.12. The van der Waals surface area contributed by atoms with Crippen LogP contribution in [0.15, 0.2) is 18.2 Å². The smallest absolute Gasteiger partial charge is 0.387 e. The van der Waals surface area contributed by atoms with Gasteiger partial charge < -0.3 is 24.6 Å². The number of hydrogen-bond acceptors (Lipinski definition) is 5. The zero-order chi connectivity index (χ0) is 15.0. The highest BCUT2D eigenvalue weighted by atomic mass is 19.3. The first-order valence-corrected chi connectivity index (χ1v) is 6.05. The van der Waals surface area contributed by atoms with E-state index in [-0.39, 0.29) is 24.1 Å². The van der Waals surface area contributed by atoms with Crippen LogP contribution in [0, 0.1) is 0 Å². The Morgan fingerprint density at radius 1 is 1.25 bits per heavy atom. The van der Waals surface area contributed by atoms with Crippen LogP contribution in [0.3, 0.4) is 0 Å². The van der Waals surface area contributed by atoms with Crippen molar-refractivity contribution in [3.05, 3.63) is 23.8 Å².